The first-order valence-electron chi connectivity index (χ1n) is 6.30. The molecule has 2 atom stereocenters. The van der Waals surface area contributed by atoms with Gasteiger partial charge in [-0.05, 0) is 18.3 Å². The molecule has 0 radical (unpaired) electrons. The van der Waals surface area contributed by atoms with Crippen molar-refractivity contribution >= 4 is 28.9 Å². The van der Waals surface area contributed by atoms with Crippen molar-refractivity contribution in [3.8, 4) is 0 Å². The Labute approximate surface area is 121 Å². The van der Waals surface area contributed by atoms with Crippen molar-refractivity contribution < 1.29 is 9.72 Å². The molecule has 0 heterocycles. The number of rotatable bonds is 4. The number of halogens is 1. The molecule has 1 aromatic rings. The molecule has 0 bridgehead atoms. The number of hydrogen-bond acceptors (Lipinski definition) is 4. The molecule has 1 aliphatic rings. The molecule has 2 N–H and O–H groups in total. The average Bonchev–Trinajstić information content (AvgIpc) is 3.06. The van der Waals surface area contributed by atoms with E-state index in [1.807, 2.05) is 0 Å². The van der Waals surface area contributed by atoms with E-state index in [0.717, 1.165) is 12.5 Å². The standard InChI is InChI=1S/C13H16ClN3O3/c1-7-3-8(7)6-16(2)13(18)10-4-9(17(19)20)5-11(14)12(10)15/h4-5,7-8H,3,6,15H2,1-2H3. The van der Waals surface area contributed by atoms with Gasteiger partial charge in [0.25, 0.3) is 11.6 Å². The Hall–Kier alpha value is -1.82. The summed E-state index contributed by atoms with van der Waals surface area (Å²) in [6.45, 7) is 2.75. The molecule has 2 rings (SSSR count). The number of nitro benzene ring substituents is 1. The van der Waals surface area contributed by atoms with Gasteiger partial charge in [-0.1, -0.05) is 18.5 Å². The topological polar surface area (TPSA) is 89.5 Å². The molecule has 2 unspecified atom stereocenters. The Morgan fingerprint density at radius 1 is 1.60 bits per heavy atom. The zero-order valence-corrected chi connectivity index (χ0v) is 12.1. The van der Waals surface area contributed by atoms with E-state index in [1.165, 1.54) is 6.07 Å². The highest BCUT2D eigenvalue weighted by Gasteiger charge is 2.34. The largest absolute Gasteiger partial charge is 0.397 e. The number of hydrogen-bond donors (Lipinski definition) is 1. The third-order valence-corrected chi connectivity index (χ3v) is 4.00. The van der Waals surface area contributed by atoms with Crippen molar-refractivity contribution in [1.29, 1.82) is 0 Å². The highest BCUT2D eigenvalue weighted by atomic mass is 35.5. The number of carbonyl (C=O) groups excluding carboxylic acids is 1. The summed E-state index contributed by atoms with van der Waals surface area (Å²) in [5.74, 6) is 0.780. The molecule has 20 heavy (non-hydrogen) atoms. The highest BCUT2D eigenvalue weighted by molar-refractivity contribution is 6.34. The summed E-state index contributed by atoms with van der Waals surface area (Å²) in [6, 6.07) is 2.33. The first-order chi connectivity index (χ1) is 9.31. The molecule has 1 aromatic carbocycles. The van der Waals surface area contributed by atoms with Gasteiger partial charge in [-0.2, -0.15) is 0 Å². The van der Waals surface area contributed by atoms with Crippen LogP contribution < -0.4 is 5.73 Å². The molecule has 7 heteroatoms. The smallest absolute Gasteiger partial charge is 0.271 e. The third kappa shape index (κ3) is 2.85. The van der Waals surface area contributed by atoms with E-state index in [2.05, 4.69) is 6.92 Å². The first kappa shape index (κ1) is 14.6. The number of nitrogens with zero attached hydrogens (tertiary/aromatic N) is 2. The van der Waals surface area contributed by atoms with Gasteiger partial charge >= 0.3 is 0 Å². The van der Waals surface area contributed by atoms with Crippen molar-refractivity contribution in [1.82, 2.24) is 4.90 Å². The summed E-state index contributed by atoms with van der Waals surface area (Å²) >= 11 is 5.85. The van der Waals surface area contributed by atoms with E-state index in [0.29, 0.717) is 18.4 Å². The summed E-state index contributed by atoms with van der Waals surface area (Å²) in [4.78, 5) is 24.1. The summed E-state index contributed by atoms with van der Waals surface area (Å²) in [7, 11) is 1.67. The Morgan fingerprint density at radius 2 is 2.20 bits per heavy atom. The van der Waals surface area contributed by atoms with Gasteiger partial charge in [0, 0.05) is 25.7 Å². The van der Waals surface area contributed by atoms with Crippen molar-refractivity contribution in [2.45, 2.75) is 13.3 Å². The van der Waals surface area contributed by atoms with Gasteiger partial charge in [0.1, 0.15) is 0 Å². The van der Waals surface area contributed by atoms with Crippen LogP contribution in [-0.2, 0) is 0 Å². The molecule has 0 aromatic heterocycles. The van der Waals surface area contributed by atoms with Crippen LogP contribution in [0.15, 0.2) is 12.1 Å². The fourth-order valence-electron chi connectivity index (χ4n) is 2.18. The lowest BCUT2D eigenvalue weighted by atomic mass is 10.1. The summed E-state index contributed by atoms with van der Waals surface area (Å²) in [5.41, 5.74) is 5.69. The summed E-state index contributed by atoms with van der Waals surface area (Å²) < 4.78 is 0. The number of amides is 1. The van der Waals surface area contributed by atoms with Gasteiger partial charge < -0.3 is 10.6 Å². The average molecular weight is 298 g/mol. The zero-order valence-electron chi connectivity index (χ0n) is 11.3. The molecule has 1 saturated carbocycles. The molecule has 6 nitrogen and oxygen atoms in total. The van der Waals surface area contributed by atoms with E-state index < -0.39 is 4.92 Å². The number of nitrogens with two attached hydrogens (primary N) is 1. The zero-order chi connectivity index (χ0) is 15.0. The Bertz CT molecular complexity index is 576. The number of anilines is 1. The fourth-order valence-corrected chi connectivity index (χ4v) is 2.39. The minimum absolute atomic E-state index is 0.0238. The predicted molar refractivity (Wildman–Crippen MR) is 76.8 cm³/mol. The summed E-state index contributed by atoms with van der Waals surface area (Å²) in [6.07, 6.45) is 1.10. The lowest BCUT2D eigenvalue weighted by Crippen LogP contribution is -2.29. The second-order valence-corrected chi connectivity index (χ2v) is 5.71. The van der Waals surface area contributed by atoms with Gasteiger partial charge in [-0.3, -0.25) is 14.9 Å². The molecule has 0 saturated heterocycles. The molecule has 1 amide bonds. The number of carbonyl (C=O) groups is 1. The van der Waals surface area contributed by atoms with Gasteiger partial charge in [0.05, 0.1) is 21.2 Å². The normalized spacial score (nSPS) is 20.6. The predicted octanol–water partition coefficient (Wildman–Crippen LogP) is 2.56. The number of benzene rings is 1. The maximum atomic E-state index is 12.3. The van der Waals surface area contributed by atoms with Crippen LogP contribution in [-0.4, -0.2) is 29.3 Å². The van der Waals surface area contributed by atoms with Gasteiger partial charge in [-0.15, -0.1) is 0 Å². The van der Waals surface area contributed by atoms with Gasteiger partial charge in [-0.25, -0.2) is 0 Å². The van der Waals surface area contributed by atoms with E-state index in [4.69, 9.17) is 17.3 Å². The fraction of sp³-hybridized carbons (Fsp3) is 0.462. The minimum atomic E-state index is -0.592. The molecular weight excluding hydrogens is 282 g/mol. The van der Waals surface area contributed by atoms with Crippen LogP contribution in [0.4, 0.5) is 11.4 Å². The van der Waals surface area contributed by atoms with Crippen molar-refractivity contribution in [3.63, 3.8) is 0 Å². The van der Waals surface area contributed by atoms with Crippen molar-refractivity contribution in [3.05, 3.63) is 32.8 Å². The van der Waals surface area contributed by atoms with Crippen molar-refractivity contribution in [2.24, 2.45) is 11.8 Å². The Kier molecular flexibility index (Phi) is 3.85. The number of non-ortho nitro benzene ring substituents is 1. The van der Waals surface area contributed by atoms with Gasteiger partial charge in [0.2, 0.25) is 0 Å². The van der Waals surface area contributed by atoms with Crippen LogP contribution in [0.25, 0.3) is 0 Å². The van der Waals surface area contributed by atoms with Gasteiger partial charge in [0.15, 0.2) is 0 Å². The van der Waals surface area contributed by atoms with Crippen LogP contribution in [0, 0.1) is 22.0 Å². The number of nitro groups is 1. The molecule has 0 spiro atoms. The lowest BCUT2D eigenvalue weighted by molar-refractivity contribution is -0.384. The van der Waals surface area contributed by atoms with Crippen LogP contribution in [0.5, 0.6) is 0 Å². The van der Waals surface area contributed by atoms with E-state index >= 15 is 0 Å². The Morgan fingerprint density at radius 3 is 2.70 bits per heavy atom. The monoisotopic (exact) mass is 297 g/mol. The molecule has 108 valence electrons. The van der Waals surface area contributed by atoms with E-state index in [1.54, 1.807) is 11.9 Å². The maximum Gasteiger partial charge on any atom is 0.271 e. The molecule has 0 aliphatic heterocycles. The van der Waals surface area contributed by atoms with Crippen LogP contribution >= 0.6 is 11.6 Å². The molecular formula is C13H16ClN3O3. The summed E-state index contributed by atoms with van der Waals surface area (Å²) in [5, 5.41) is 10.8. The third-order valence-electron chi connectivity index (χ3n) is 3.69. The van der Waals surface area contributed by atoms with Crippen LogP contribution in [0.3, 0.4) is 0 Å². The quantitative estimate of drug-likeness (QED) is 0.525. The lowest BCUT2D eigenvalue weighted by Gasteiger charge is -2.18. The highest BCUT2D eigenvalue weighted by Crippen LogP contribution is 2.38. The molecule has 1 fully saturated rings. The first-order valence-corrected chi connectivity index (χ1v) is 6.68. The Balaban J connectivity index is 2.26. The van der Waals surface area contributed by atoms with Crippen LogP contribution in [0.1, 0.15) is 23.7 Å². The van der Waals surface area contributed by atoms with Crippen molar-refractivity contribution in [2.75, 3.05) is 19.3 Å². The molecule has 1 aliphatic carbocycles. The van der Waals surface area contributed by atoms with E-state index in [9.17, 15) is 14.9 Å². The van der Waals surface area contributed by atoms with E-state index in [-0.39, 0.29) is 27.9 Å². The SMILES string of the molecule is CC1CC1CN(C)C(=O)c1cc([N+](=O)[O-])cc(Cl)c1N. The number of nitrogen functional groups attached to an aromatic ring is 1. The second-order valence-electron chi connectivity index (χ2n) is 5.30. The second kappa shape index (κ2) is 5.28. The maximum absolute atomic E-state index is 12.3. The van der Waals surface area contributed by atoms with Crippen LogP contribution in [0.2, 0.25) is 5.02 Å². The minimum Gasteiger partial charge on any atom is -0.397 e.